The molecule has 1 aliphatic carbocycles. The molecule has 20 heavy (non-hydrogen) atoms. The van der Waals surface area contributed by atoms with Crippen molar-refractivity contribution in [1.29, 1.82) is 0 Å². The Balaban J connectivity index is 2.35. The van der Waals surface area contributed by atoms with Gasteiger partial charge in [-0.2, -0.15) is 0 Å². The average Bonchev–Trinajstić information content (AvgIpc) is 2.82. The van der Waals surface area contributed by atoms with Gasteiger partial charge in [-0.25, -0.2) is 0 Å². The summed E-state index contributed by atoms with van der Waals surface area (Å²) in [5, 5.41) is 3.04. The summed E-state index contributed by atoms with van der Waals surface area (Å²) in [7, 11) is 0. The van der Waals surface area contributed by atoms with Crippen LogP contribution in [0.15, 0.2) is 12.7 Å². The average molecular weight is 278 g/mol. The molecular formula is C16H26N2O2. The largest absolute Gasteiger partial charge is 0.340 e. The van der Waals surface area contributed by atoms with E-state index in [4.69, 9.17) is 0 Å². The van der Waals surface area contributed by atoms with E-state index in [0.717, 1.165) is 32.1 Å². The van der Waals surface area contributed by atoms with E-state index in [-0.39, 0.29) is 29.8 Å². The van der Waals surface area contributed by atoms with Crippen LogP contribution >= 0.6 is 0 Å². The molecule has 2 aliphatic rings. The summed E-state index contributed by atoms with van der Waals surface area (Å²) in [6.45, 7) is 9.77. The first kappa shape index (κ1) is 15.1. The minimum atomic E-state index is -0.627. The van der Waals surface area contributed by atoms with Crippen LogP contribution in [0.1, 0.15) is 52.9 Å². The first-order valence-electron chi connectivity index (χ1n) is 7.68. The summed E-state index contributed by atoms with van der Waals surface area (Å²) < 4.78 is 0. The molecule has 1 heterocycles. The smallest absolute Gasteiger partial charge is 0.249 e. The Morgan fingerprint density at radius 3 is 2.45 bits per heavy atom. The van der Waals surface area contributed by atoms with Crippen LogP contribution in [0.5, 0.6) is 0 Å². The molecule has 1 saturated carbocycles. The Morgan fingerprint density at radius 2 is 1.95 bits per heavy atom. The second kappa shape index (κ2) is 5.58. The molecule has 4 heteroatoms. The van der Waals surface area contributed by atoms with Crippen molar-refractivity contribution in [3.63, 3.8) is 0 Å². The summed E-state index contributed by atoms with van der Waals surface area (Å²) >= 11 is 0. The van der Waals surface area contributed by atoms with Gasteiger partial charge >= 0.3 is 0 Å². The highest BCUT2D eigenvalue weighted by molar-refractivity contribution is 6.00. The first-order valence-corrected chi connectivity index (χ1v) is 7.68. The van der Waals surface area contributed by atoms with Gasteiger partial charge in [0.15, 0.2) is 0 Å². The van der Waals surface area contributed by atoms with Gasteiger partial charge in [-0.05, 0) is 32.1 Å². The number of rotatable bonds is 4. The number of nitrogens with zero attached hydrogens (tertiary/aromatic N) is 1. The van der Waals surface area contributed by atoms with E-state index in [1.54, 1.807) is 0 Å². The molecule has 0 aromatic carbocycles. The Hall–Kier alpha value is -1.32. The van der Waals surface area contributed by atoms with Crippen LogP contribution in [-0.4, -0.2) is 34.3 Å². The number of piperazine rings is 1. The number of carbonyl (C=O) groups is 2. The van der Waals surface area contributed by atoms with Crippen molar-refractivity contribution in [1.82, 2.24) is 10.2 Å². The van der Waals surface area contributed by atoms with Gasteiger partial charge in [0.2, 0.25) is 11.8 Å². The zero-order valence-electron chi connectivity index (χ0n) is 12.8. The van der Waals surface area contributed by atoms with Crippen LogP contribution in [0.3, 0.4) is 0 Å². The van der Waals surface area contributed by atoms with Crippen molar-refractivity contribution in [3.05, 3.63) is 12.7 Å². The van der Waals surface area contributed by atoms with Crippen LogP contribution in [0.25, 0.3) is 0 Å². The highest BCUT2D eigenvalue weighted by Crippen LogP contribution is 2.37. The minimum absolute atomic E-state index is 0.0115. The number of amides is 2. The maximum atomic E-state index is 13.0. The number of carbonyl (C=O) groups excluding carboxylic acids is 2. The van der Waals surface area contributed by atoms with E-state index in [0.29, 0.717) is 0 Å². The molecule has 0 radical (unpaired) electrons. The summed E-state index contributed by atoms with van der Waals surface area (Å²) in [6, 6.07) is -0.334. The molecule has 1 spiro atoms. The van der Waals surface area contributed by atoms with Crippen LogP contribution in [0.2, 0.25) is 0 Å². The molecule has 2 unspecified atom stereocenters. The molecule has 2 amide bonds. The lowest BCUT2D eigenvalue weighted by molar-refractivity contribution is -0.159. The van der Waals surface area contributed by atoms with Gasteiger partial charge in [0.25, 0.3) is 0 Å². The number of hydrogen-bond acceptors (Lipinski definition) is 2. The van der Waals surface area contributed by atoms with Gasteiger partial charge in [-0.15, -0.1) is 6.58 Å². The lowest BCUT2D eigenvalue weighted by Crippen LogP contribution is -2.72. The van der Waals surface area contributed by atoms with Gasteiger partial charge in [0.05, 0.1) is 0 Å². The van der Waals surface area contributed by atoms with Crippen LogP contribution in [0, 0.1) is 5.92 Å². The zero-order valence-corrected chi connectivity index (χ0v) is 12.8. The van der Waals surface area contributed by atoms with Crippen molar-refractivity contribution in [2.45, 2.75) is 70.5 Å². The molecule has 0 aromatic rings. The van der Waals surface area contributed by atoms with E-state index < -0.39 is 5.54 Å². The van der Waals surface area contributed by atoms with E-state index >= 15 is 0 Å². The maximum Gasteiger partial charge on any atom is 0.249 e. The van der Waals surface area contributed by atoms with Gasteiger partial charge in [0.1, 0.15) is 11.6 Å². The predicted molar refractivity (Wildman–Crippen MR) is 79.1 cm³/mol. The molecule has 2 rings (SSSR count). The van der Waals surface area contributed by atoms with Crippen molar-refractivity contribution >= 4 is 11.8 Å². The first-order chi connectivity index (χ1) is 9.43. The van der Waals surface area contributed by atoms with E-state index in [1.165, 1.54) is 0 Å². The number of hydrogen-bond donors (Lipinski definition) is 1. The quantitative estimate of drug-likeness (QED) is 0.802. The third-order valence-electron chi connectivity index (χ3n) is 4.65. The second-order valence-corrected chi connectivity index (χ2v) is 6.55. The highest BCUT2D eigenvalue weighted by Gasteiger charge is 2.53. The van der Waals surface area contributed by atoms with Gasteiger partial charge in [0, 0.05) is 6.04 Å². The molecule has 1 aliphatic heterocycles. The molecule has 1 N–H and O–H groups in total. The summed E-state index contributed by atoms with van der Waals surface area (Å²) in [4.78, 5) is 27.4. The molecule has 2 fully saturated rings. The van der Waals surface area contributed by atoms with E-state index in [9.17, 15) is 9.59 Å². The standard InChI is InChI=1S/C16H26N2O2/c1-5-8-12(4)18-13(11(2)3)14(19)17-16(15(18)20)9-6-7-10-16/h5,11-13H,1,6-10H2,2-4H3,(H,17,19). The van der Waals surface area contributed by atoms with Gasteiger partial charge in [-0.3, -0.25) is 9.59 Å². The van der Waals surface area contributed by atoms with Crippen molar-refractivity contribution in [2.24, 2.45) is 5.92 Å². The highest BCUT2D eigenvalue weighted by atomic mass is 16.2. The Bertz CT molecular complexity index is 411. The van der Waals surface area contributed by atoms with Crippen molar-refractivity contribution in [3.8, 4) is 0 Å². The fraction of sp³-hybridized carbons (Fsp3) is 0.750. The Labute approximate surface area is 121 Å². The van der Waals surface area contributed by atoms with E-state index in [2.05, 4.69) is 11.9 Å². The third kappa shape index (κ3) is 2.36. The van der Waals surface area contributed by atoms with Gasteiger partial charge in [-0.1, -0.05) is 32.8 Å². The summed E-state index contributed by atoms with van der Waals surface area (Å²) in [6.07, 6.45) is 6.13. The third-order valence-corrected chi connectivity index (χ3v) is 4.65. The molecule has 4 nitrogen and oxygen atoms in total. The van der Waals surface area contributed by atoms with Crippen LogP contribution in [-0.2, 0) is 9.59 Å². The molecule has 0 bridgehead atoms. The lowest BCUT2D eigenvalue weighted by atomic mass is 9.86. The fourth-order valence-electron chi connectivity index (χ4n) is 3.63. The van der Waals surface area contributed by atoms with E-state index in [1.807, 2.05) is 31.7 Å². The fourth-order valence-corrected chi connectivity index (χ4v) is 3.63. The van der Waals surface area contributed by atoms with Gasteiger partial charge < -0.3 is 10.2 Å². The zero-order chi connectivity index (χ0) is 14.9. The topological polar surface area (TPSA) is 49.4 Å². The monoisotopic (exact) mass is 278 g/mol. The SMILES string of the molecule is C=CCC(C)N1C(=O)C2(CCCC2)NC(=O)C1C(C)C. The summed E-state index contributed by atoms with van der Waals surface area (Å²) in [5.74, 6) is 0.241. The summed E-state index contributed by atoms with van der Waals surface area (Å²) in [5.41, 5.74) is -0.627. The Kier molecular flexibility index (Phi) is 4.21. The Morgan fingerprint density at radius 1 is 1.35 bits per heavy atom. The molecule has 2 atom stereocenters. The normalized spacial score (nSPS) is 27.0. The molecule has 0 aromatic heterocycles. The maximum absolute atomic E-state index is 13.0. The van der Waals surface area contributed by atoms with Crippen molar-refractivity contribution < 1.29 is 9.59 Å². The molecule has 112 valence electrons. The lowest BCUT2D eigenvalue weighted by Gasteiger charge is -2.48. The van der Waals surface area contributed by atoms with Crippen molar-refractivity contribution in [2.75, 3.05) is 0 Å². The molecular weight excluding hydrogens is 252 g/mol. The second-order valence-electron chi connectivity index (χ2n) is 6.55. The predicted octanol–water partition coefficient (Wildman–Crippen LogP) is 2.25. The van der Waals surface area contributed by atoms with Crippen LogP contribution < -0.4 is 5.32 Å². The minimum Gasteiger partial charge on any atom is -0.340 e. The molecule has 1 saturated heterocycles. The van der Waals surface area contributed by atoms with Crippen LogP contribution in [0.4, 0.5) is 0 Å². The number of nitrogens with one attached hydrogen (secondary N) is 1.